The molecule has 1 unspecified atom stereocenters. The van der Waals surface area contributed by atoms with E-state index in [-0.39, 0.29) is 0 Å². The predicted molar refractivity (Wildman–Crippen MR) is 80.1 cm³/mol. The van der Waals surface area contributed by atoms with Crippen LogP contribution in [0.5, 0.6) is 5.75 Å². The Morgan fingerprint density at radius 1 is 1.30 bits per heavy atom. The highest BCUT2D eigenvalue weighted by molar-refractivity contribution is 5.45. The minimum atomic E-state index is -0.437. The normalized spacial score (nSPS) is 23.6. The molecular weight excluding hydrogens is 250 g/mol. The number of aliphatic hydroxyl groups is 1. The first-order valence-electron chi connectivity index (χ1n) is 7.89. The summed E-state index contributed by atoms with van der Waals surface area (Å²) in [6.45, 7) is 6.45. The summed E-state index contributed by atoms with van der Waals surface area (Å²) in [5, 5.41) is 9.83. The number of ether oxygens (including phenoxy) is 1. The maximum Gasteiger partial charge on any atom is 0.128 e. The van der Waals surface area contributed by atoms with Crippen LogP contribution in [0.3, 0.4) is 0 Å². The van der Waals surface area contributed by atoms with Crippen LogP contribution in [0.1, 0.15) is 43.4 Å². The number of piperidine rings is 1. The van der Waals surface area contributed by atoms with Crippen LogP contribution in [0.2, 0.25) is 0 Å². The van der Waals surface area contributed by atoms with Crippen LogP contribution in [0.15, 0.2) is 18.2 Å². The summed E-state index contributed by atoms with van der Waals surface area (Å²) < 4.78 is 5.63. The molecule has 2 aliphatic rings. The second-order valence-corrected chi connectivity index (χ2v) is 6.29. The Bertz CT molecular complexity index is 452. The van der Waals surface area contributed by atoms with Crippen molar-refractivity contribution < 1.29 is 9.84 Å². The third-order valence-corrected chi connectivity index (χ3v) is 4.67. The van der Waals surface area contributed by atoms with Crippen LogP contribution in [-0.2, 0) is 6.42 Å². The molecule has 3 rings (SSSR count). The number of para-hydroxylation sites is 1. The van der Waals surface area contributed by atoms with Crippen LogP contribution in [0, 0.1) is 5.92 Å². The van der Waals surface area contributed by atoms with Gasteiger partial charge in [-0.25, -0.2) is 0 Å². The molecular formula is C17H25NO2. The highest BCUT2D eigenvalue weighted by atomic mass is 16.5. The second-order valence-electron chi connectivity index (χ2n) is 6.29. The van der Waals surface area contributed by atoms with Gasteiger partial charge in [0.25, 0.3) is 0 Å². The number of rotatable bonds is 4. The molecule has 1 fully saturated rings. The predicted octanol–water partition coefficient (Wildman–Crippen LogP) is 2.78. The summed E-state index contributed by atoms with van der Waals surface area (Å²) in [4.78, 5) is 2.58. The number of likely N-dealkylation sites (tertiary alicyclic amines) is 1. The van der Waals surface area contributed by atoms with Crippen LogP contribution in [-0.4, -0.2) is 36.2 Å². The van der Waals surface area contributed by atoms with Gasteiger partial charge in [-0.2, -0.15) is 0 Å². The van der Waals surface area contributed by atoms with Crippen molar-refractivity contribution in [2.45, 2.75) is 38.7 Å². The van der Waals surface area contributed by atoms with E-state index in [2.05, 4.69) is 17.9 Å². The third-order valence-electron chi connectivity index (χ3n) is 4.67. The van der Waals surface area contributed by atoms with Gasteiger partial charge in [-0.3, -0.25) is 0 Å². The topological polar surface area (TPSA) is 32.7 Å². The van der Waals surface area contributed by atoms with E-state index in [9.17, 15) is 5.11 Å². The second kappa shape index (κ2) is 6.15. The van der Waals surface area contributed by atoms with Crippen molar-refractivity contribution in [1.82, 2.24) is 4.90 Å². The molecule has 1 saturated heterocycles. The molecule has 1 aromatic rings. The third kappa shape index (κ3) is 2.99. The van der Waals surface area contributed by atoms with Gasteiger partial charge >= 0.3 is 0 Å². The quantitative estimate of drug-likeness (QED) is 0.917. The molecule has 0 spiro atoms. The van der Waals surface area contributed by atoms with Crippen LogP contribution < -0.4 is 4.74 Å². The van der Waals surface area contributed by atoms with E-state index in [0.29, 0.717) is 6.61 Å². The fraction of sp³-hybridized carbons (Fsp3) is 0.647. The lowest BCUT2D eigenvalue weighted by Crippen LogP contribution is -2.33. The van der Waals surface area contributed by atoms with Gasteiger partial charge in [-0.1, -0.05) is 25.1 Å². The zero-order valence-electron chi connectivity index (χ0n) is 12.3. The first-order valence-corrected chi connectivity index (χ1v) is 7.89. The van der Waals surface area contributed by atoms with E-state index >= 15 is 0 Å². The Morgan fingerprint density at radius 2 is 2.10 bits per heavy atom. The Hall–Kier alpha value is -1.06. The van der Waals surface area contributed by atoms with Crippen molar-refractivity contribution in [2.75, 3.05) is 26.2 Å². The maximum atomic E-state index is 9.83. The maximum absolute atomic E-state index is 9.83. The fourth-order valence-electron chi connectivity index (χ4n) is 3.27. The SMILES string of the molecule is CC1CCN(CCCc2cccc3c2OCC3O)CC1. The smallest absolute Gasteiger partial charge is 0.128 e. The summed E-state index contributed by atoms with van der Waals surface area (Å²) >= 11 is 0. The van der Waals surface area contributed by atoms with Crippen molar-refractivity contribution in [3.8, 4) is 5.75 Å². The lowest BCUT2D eigenvalue weighted by Gasteiger charge is -2.30. The van der Waals surface area contributed by atoms with Crippen LogP contribution >= 0.6 is 0 Å². The first-order chi connectivity index (χ1) is 9.74. The average Bonchev–Trinajstić information content (AvgIpc) is 2.84. The van der Waals surface area contributed by atoms with E-state index < -0.39 is 6.10 Å². The molecule has 0 radical (unpaired) electrons. The molecule has 20 heavy (non-hydrogen) atoms. The largest absolute Gasteiger partial charge is 0.490 e. The lowest BCUT2D eigenvalue weighted by molar-refractivity contribution is 0.140. The summed E-state index contributed by atoms with van der Waals surface area (Å²) in [5.41, 5.74) is 2.22. The number of aliphatic hydroxyl groups excluding tert-OH is 1. The van der Waals surface area contributed by atoms with E-state index in [1.54, 1.807) is 0 Å². The zero-order valence-corrected chi connectivity index (χ0v) is 12.3. The summed E-state index contributed by atoms with van der Waals surface area (Å²) in [5.74, 6) is 1.84. The number of fused-ring (bicyclic) bond motifs is 1. The van der Waals surface area contributed by atoms with Crippen molar-refractivity contribution in [2.24, 2.45) is 5.92 Å². The zero-order chi connectivity index (χ0) is 13.9. The van der Waals surface area contributed by atoms with Crippen molar-refractivity contribution in [3.05, 3.63) is 29.3 Å². The molecule has 2 heterocycles. The minimum absolute atomic E-state index is 0.413. The average molecular weight is 275 g/mol. The number of benzene rings is 1. The molecule has 0 bridgehead atoms. The molecule has 3 heteroatoms. The van der Waals surface area contributed by atoms with Gasteiger partial charge < -0.3 is 14.7 Å². The van der Waals surface area contributed by atoms with E-state index in [1.165, 1.54) is 44.5 Å². The summed E-state index contributed by atoms with van der Waals surface area (Å²) in [6, 6.07) is 6.15. The molecule has 1 N–H and O–H groups in total. The van der Waals surface area contributed by atoms with Crippen molar-refractivity contribution in [1.29, 1.82) is 0 Å². The molecule has 0 aromatic heterocycles. The Labute approximate surface area is 121 Å². The first kappa shape index (κ1) is 13.9. The van der Waals surface area contributed by atoms with E-state index in [0.717, 1.165) is 23.7 Å². The van der Waals surface area contributed by atoms with Gasteiger partial charge in [0.15, 0.2) is 0 Å². The van der Waals surface area contributed by atoms with Crippen molar-refractivity contribution in [3.63, 3.8) is 0 Å². The van der Waals surface area contributed by atoms with Crippen LogP contribution in [0.25, 0.3) is 0 Å². The van der Waals surface area contributed by atoms with Gasteiger partial charge in [0.05, 0.1) is 0 Å². The molecule has 110 valence electrons. The highest BCUT2D eigenvalue weighted by Gasteiger charge is 2.24. The van der Waals surface area contributed by atoms with E-state index in [1.807, 2.05) is 12.1 Å². The number of hydrogen-bond donors (Lipinski definition) is 1. The molecule has 0 amide bonds. The van der Waals surface area contributed by atoms with Gasteiger partial charge in [0.2, 0.25) is 0 Å². The molecule has 0 saturated carbocycles. The van der Waals surface area contributed by atoms with Gasteiger partial charge in [-0.05, 0) is 56.8 Å². The number of aryl methyl sites for hydroxylation is 1. The number of nitrogens with zero attached hydrogens (tertiary/aromatic N) is 1. The monoisotopic (exact) mass is 275 g/mol. The lowest BCUT2D eigenvalue weighted by atomic mass is 9.98. The molecule has 2 aliphatic heterocycles. The van der Waals surface area contributed by atoms with Crippen molar-refractivity contribution >= 4 is 0 Å². The minimum Gasteiger partial charge on any atom is -0.490 e. The Kier molecular flexibility index (Phi) is 4.27. The highest BCUT2D eigenvalue weighted by Crippen LogP contribution is 2.35. The van der Waals surface area contributed by atoms with Crippen LogP contribution in [0.4, 0.5) is 0 Å². The standard InChI is InChI=1S/C17H25NO2/c1-13-7-10-18(11-8-13)9-3-5-14-4-2-6-15-16(19)12-20-17(14)15/h2,4,6,13,16,19H,3,5,7-12H2,1H3. The van der Waals surface area contributed by atoms with E-state index in [4.69, 9.17) is 4.74 Å². The molecule has 1 aromatic carbocycles. The fourth-order valence-corrected chi connectivity index (χ4v) is 3.27. The van der Waals surface area contributed by atoms with Gasteiger partial charge in [0, 0.05) is 5.56 Å². The van der Waals surface area contributed by atoms with Gasteiger partial charge in [-0.15, -0.1) is 0 Å². The molecule has 0 aliphatic carbocycles. The Balaban J connectivity index is 1.52. The summed E-state index contributed by atoms with van der Waals surface area (Å²) in [7, 11) is 0. The number of hydrogen-bond acceptors (Lipinski definition) is 3. The Morgan fingerprint density at radius 3 is 2.90 bits per heavy atom. The molecule has 1 atom stereocenters. The van der Waals surface area contributed by atoms with Gasteiger partial charge in [0.1, 0.15) is 18.5 Å². The molecule has 3 nitrogen and oxygen atoms in total. The summed E-state index contributed by atoms with van der Waals surface area (Å²) in [6.07, 6.45) is 4.46.